The number of fused-ring (bicyclic) bond motifs is 1. The van der Waals surface area contributed by atoms with Gasteiger partial charge >= 0.3 is 0 Å². The van der Waals surface area contributed by atoms with E-state index in [2.05, 4.69) is 5.32 Å². The fourth-order valence-electron chi connectivity index (χ4n) is 1.84. The molecule has 3 nitrogen and oxygen atoms in total. The minimum Gasteiger partial charge on any atom is -0.391 e. The van der Waals surface area contributed by atoms with Gasteiger partial charge in [-0.1, -0.05) is 0 Å². The predicted octanol–water partition coefficient (Wildman–Crippen LogP) is 0.654. The largest absolute Gasteiger partial charge is 0.391 e. The van der Waals surface area contributed by atoms with E-state index in [0.717, 1.165) is 11.3 Å². The van der Waals surface area contributed by atoms with E-state index in [4.69, 9.17) is 5.73 Å². The van der Waals surface area contributed by atoms with Crippen molar-refractivity contribution in [2.24, 2.45) is 5.73 Å². The highest BCUT2D eigenvalue weighted by molar-refractivity contribution is 5.58. The van der Waals surface area contributed by atoms with Gasteiger partial charge in [0, 0.05) is 24.7 Å². The fraction of sp³-hybridized carbons (Fsp3) is 0.400. The van der Waals surface area contributed by atoms with E-state index in [1.165, 1.54) is 12.1 Å². The second-order valence-corrected chi connectivity index (χ2v) is 3.52. The Bertz CT molecular complexity index is 343. The summed E-state index contributed by atoms with van der Waals surface area (Å²) in [5.41, 5.74) is 7.09. The van der Waals surface area contributed by atoms with Crippen molar-refractivity contribution < 1.29 is 9.50 Å². The zero-order chi connectivity index (χ0) is 10.1. The molecule has 1 aliphatic rings. The molecule has 0 saturated heterocycles. The van der Waals surface area contributed by atoms with Crippen molar-refractivity contribution in [3.05, 3.63) is 29.6 Å². The number of aliphatic hydroxyl groups excluding tert-OH is 1. The Labute approximate surface area is 81.7 Å². The van der Waals surface area contributed by atoms with Gasteiger partial charge in [-0.2, -0.15) is 0 Å². The number of anilines is 1. The van der Waals surface area contributed by atoms with E-state index in [0.29, 0.717) is 6.54 Å². The zero-order valence-corrected chi connectivity index (χ0v) is 7.70. The number of nitrogens with one attached hydrogen (secondary N) is 1. The van der Waals surface area contributed by atoms with E-state index in [1.807, 2.05) is 0 Å². The van der Waals surface area contributed by atoms with Crippen LogP contribution < -0.4 is 11.1 Å². The van der Waals surface area contributed by atoms with Crippen molar-refractivity contribution in [3.63, 3.8) is 0 Å². The number of benzene rings is 1. The number of halogens is 1. The average Bonchev–Trinajstić information content (AvgIpc) is 2.59. The summed E-state index contributed by atoms with van der Waals surface area (Å²) in [7, 11) is 0. The Hall–Kier alpha value is -1.13. The summed E-state index contributed by atoms with van der Waals surface area (Å²) in [5.74, 6) is -0.368. The SMILES string of the molecule is NCC(O)C1CNc2ccc(F)cc21. The van der Waals surface area contributed by atoms with Gasteiger partial charge in [-0.05, 0) is 23.8 Å². The molecule has 0 bridgehead atoms. The Morgan fingerprint density at radius 2 is 2.43 bits per heavy atom. The average molecular weight is 196 g/mol. The first-order valence-electron chi connectivity index (χ1n) is 4.64. The van der Waals surface area contributed by atoms with Crippen LogP contribution in [0.1, 0.15) is 11.5 Å². The molecule has 0 spiro atoms. The molecule has 14 heavy (non-hydrogen) atoms. The quantitative estimate of drug-likeness (QED) is 0.651. The van der Waals surface area contributed by atoms with Gasteiger partial charge in [0.25, 0.3) is 0 Å². The molecule has 1 heterocycles. The van der Waals surface area contributed by atoms with Crippen LogP contribution in [-0.4, -0.2) is 24.3 Å². The number of hydrogen-bond acceptors (Lipinski definition) is 3. The smallest absolute Gasteiger partial charge is 0.123 e. The van der Waals surface area contributed by atoms with Crippen molar-refractivity contribution in [3.8, 4) is 0 Å². The molecule has 1 aromatic carbocycles. The first kappa shape index (κ1) is 9.43. The van der Waals surface area contributed by atoms with Crippen LogP contribution in [0.3, 0.4) is 0 Å². The molecule has 76 valence electrons. The standard InChI is InChI=1S/C10H13FN2O/c11-6-1-2-9-7(3-6)8(5-13-9)10(14)4-12/h1-3,8,10,13-14H,4-5,12H2. The lowest BCUT2D eigenvalue weighted by atomic mass is 9.95. The number of rotatable bonds is 2. The Morgan fingerprint density at radius 3 is 3.14 bits per heavy atom. The minimum atomic E-state index is -0.606. The monoisotopic (exact) mass is 196 g/mol. The molecule has 0 aromatic heterocycles. The molecule has 2 unspecified atom stereocenters. The van der Waals surface area contributed by atoms with Crippen molar-refractivity contribution >= 4 is 5.69 Å². The number of hydrogen-bond donors (Lipinski definition) is 3. The van der Waals surface area contributed by atoms with Gasteiger partial charge in [-0.15, -0.1) is 0 Å². The molecule has 4 heteroatoms. The maximum absolute atomic E-state index is 13.0. The summed E-state index contributed by atoms with van der Waals surface area (Å²) < 4.78 is 13.0. The van der Waals surface area contributed by atoms with E-state index in [-0.39, 0.29) is 18.3 Å². The lowest BCUT2D eigenvalue weighted by Crippen LogP contribution is -2.28. The van der Waals surface area contributed by atoms with Gasteiger partial charge in [-0.25, -0.2) is 4.39 Å². The van der Waals surface area contributed by atoms with Crippen LogP contribution >= 0.6 is 0 Å². The van der Waals surface area contributed by atoms with Crippen LogP contribution in [0.5, 0.6) is 0 Å². The highest BCUT2D eigenvalue weighted by Gasteiger charge is 2.27. The van der Waals surface area contributed by atoms with Crippen LogP contribution in [0.2, 0.25) is 0 Å². The first-order valence-corrected chi connectivity index (χ1v) is 4.64. The van der Waals surface area contributed by atoms with Gasteiger partial charge in [-0.3, -0.25) is 0 Å². The second kappa shape index (κ2) is 3.55. The lowest BCUT2D eigenvalue weighted by Gasteiger charge is -2.15. The summed E-state index contributed by atoms with van der Waals surface area (Å²) in [6.07, 6.45) is -0.606. The number of aliphatic hydroxyl groups is 1. The summed E-state index contributed by atoms with van der Waals surface area (Å²) in [6.45, 7) is 0.819. The third-order valence-corrected chi connectivity index (χ3v) is 2.63. The first-order chi connectivity index (χ1) is 6.72. The molecule has 1 aromatic rings. The topological polar surface area (TPSA) is 58.3 Å². The van der Waals surface area contributed by atoms with Crippen LogP contribution in [0.25, 0.3) is 0 Å². The summed E-state index contributed by atoms with van der Waals surface area (Å²) in [6, 6.07) is 4.55. The highest BCUT2D eigenvalue weighted by Crippen LogP contribution is 2.33. The normalized spacial score (nSPS) is 21.5. The van der Waals surface area contributed by atoms with Crippen molar-refractivity contribution in [1.29, 1.82) is 0 Å². The summed E-state index contributed by atoms with van der Waals surface area (Å²) >= 11 is 0. The van der Waals surface area contributed by atoms with Gasteiger partial charge in [0.2, 0.25) is 0 Å². The predicted molar refractivity (Wildman–Crippen MR) is 52.7 cm³/mol. The molecule has 0 radical (unpaired) electrons. The molecule has 1 aliphatic heterocycles. The number of nitrogens with two attached hydrogens (primary N) is 1. The van der Waals surface area contributed by atoms with Crippen LogP contribution in [0.4, 0.5) is 10.1 Å². The highest BCUT2D eigenvalue weighted by atomic mass is 19.1. The molecule has 0 amide bonds. The molecule has 0 saturated carbocycles. The molecule has 2 rings (SSSR count). The van der Waals surface area contributed by atoms with Crippen LogP contribution in [0, 0.1) is 5.82 Å². The van der Waals surface area contributed by atoms with Crippen molar-refractivity contribution in [2.45, 2.75) is 12.0 Å². The minimum absolute atomic E-state index is 0.0919. The lowest BCUT2D eigenvalue weighted by molar-refractivity contribution is 0.157. The molecule has 0 fully saturated rings. The van der Waals surface area contributed by atoms with Gasteiger partial charge in [0.15, 0.2) is 0 Å². The molecular formula is C10H13FN2O. The van der Waals surface area contributed by atoms with Crippen LogP contribution in [0.15, 0.2) is 18.2 Å². The molecule has 2 atom stereocenters. The van der Waals surface area contributed by atoms with E-state index in [1.54, 1.807) is 6.07 Å². The van der Waals surface area contributed by atoms with Crippen molar-refractivity contribution in [2.75, 3.05) is 18.4 Å². The Balaban J connectivity index is 2.33. The molecule has 0 aliphatic carbocycles. The third kappa shape index (κ3) is 1.47. The van der Waals surface area contributed by atoms with Gasteiger partial charge < -0.3 is 16.2 Å². The third-order valence-electron chi connectivity index (χ3n) is 2.63. The van der Waals surface area contributed by atoms with E-state index >= 15 is 0 Å². The molecule has 4 N–H and O–H groups in total. The maximum atomic E-state index is 13.0. The Kier molecular flexibility index (Phi) is 2.39. The van der Waals surface area contributed by atoms with Gasteiger partial charge in [0.1, 0.15) is 5.82 Å². The zero-order valence-electron chi connectivity index (χ0n) is 7.70. The van der Waals surface area contributed by atoms with Crippen LogP contribution in [-0.2, 0) is 0 Å². The maximum Gasteiger partial charge on any atom is 0.123 e. The summed E-state index contributed by atoms with van der Waals surface area (Å²) in [5, 5.41) is 12.7. The van der Waals surface area contributed by atoms with Crippen molar-refractivity contribution in [1.82, 2.24) is 0 Å². The molecular weight excluding hydrogens is 183 g/mol. The van der Waals surface area contributed by atoms with E-state index in [9.17, 15) is 9.50 Å². The Morgan fingerprint density at radius 1 is 1.64 bits per heavy atom. The van der Waals surface area contributed by atoms with E-state index < -0.39 is 6.10 Å². The summed E-state index contributed by atoms with van der Waals surface area (Å²) in [4.78, 5) is 0. The van der Waals surface area contributed by atoms with Gasteiger partial charge in [0.05, 0.1) is 6.10 Å². The fourth-order valence-corrected chi connectivity index (χ4v) is 1.84. The second-order valence-electron chi connectivity index (χ2n) is 3.52.